The van der Waals surface area contributed by atoms with Crippen molar-refractivity contribution in [3.63, 3.8) is 0 Å². The van der Waals surface area contributed by atoms with Crippen molar-refractivity contribution >= 4 is 17.7 Å². The number of aliphatic hydroxyl groups excluding tert-OH is 1. The molecule has 2 heterocycles. The number of rotatable bonds is 4. The van der Waals surface area contributed by atoms with Crippen molar-refractivity contribution in [2.75, 3.05) is 42.1 Å². The van der Waals surface area contributed by atoms with Gasteiger partial charge in [-0.2, -0.15) is 0 Å². The quantitative estimate of drug-likeness (QED) is 0.590. The summed E-state index contributed by atoms with van der Waals surface area (Å²) in [4.78, 5) is 42.5. The van der Waals surface area contributed by atoms with Crippen LogP contribution in [-0.2, 0) is 40.6 Å². The number of benzene rings is 1. The molecule has 4 aliphatic rings. The van der Waals surface area contributed by atoms with Gasteiger partial charge in [0.2, 0.25) is 28.7 Å². The number of amides is 1. The van der Waals surface area contributed by atoms with E-state index < -0.39 is 40.5 Å². The third-order valence-electron chi connectivity index (χ3n) is 7.16. The minimum Gasteiger partial charge on any atom is -0.493 e. The second-order valence-electron chi connectivity index (χ2n) is 10.0. The molecular formula is C26H33NO10. The summed E-state index contributed by atoms with van der Waals surface area (Å²) < 4.78 is 33.8. The third kappa shape index (κ3) is 3.43. The van der Waals surface area contributed by atoms with Gasteiger partial charge in [-0.3, -0.25) is 9.59 Å². The van der Waals surface area contributed by atoms with Crippen LogP contribution < -0.4 is 9.47 Å². The van der Waals surface area contributed by atoms with Gasteiger partial charge in [-0.25, -0.2) is 4.79 Å². The van der Waals surface area contributed by atoms with Crippen LogP contribution in [0.15, 0.2) is 17.6 Å². The number of methoxy groups -OCH3 is 4. The van der Waals surface area contributed by atoms with Gasteiger partial charge in [-0.15, -0.1) is 0 Å². The lowest BCUT2D eigenvalue weighted by Crippen LogP contribution is -2.53. The maximum Gasteiger partial charge on any atom is 0.410 e. The van der Waals surface area contributed by atoms with Crippen LogP contribution in [0.1, 0.15) is 49.9 Å². The molecular weight excluding hydrogens is 486 g/mol. The summed E-state index contributed by atoms with van der Waals surface area (Å²) in [6.07, 6.45) is 0.0592. The van der Waals surface area contributed by atoms with E-state index in [4.69, 9.17) is 33.5 Å². The van der Waals surface area contributed by atoms with Crippen LogP contribution in [0, 0.1) is 0 Å². The van der Waals surface area contributed by atoms with E-state index >= 15 is 0 Å². The highest BCUT2D eigenvalue weighted by Crippen LogP contribution is 2.72. The molecule has 0 saturated carbocycles. The number of Topliss-reactive ketones (excluding diaryl/α,β-unsaturated/α-hetero) is 2. The highest BCUT2D eigenvalue weighted by molar-refractivity contribution is 6.22. The summed E-state index contributed by atoms with van der Waals surface area (Å²) >= 11 is 0. The third-order valence-corrected chi connectivity index (χ3v) is 7.16. The summed E-state index contributed by atoms with van der Waals surface area (Å²) in [7, 11) is 6.57. The summed E-state index contributed by atoms with van der Waals surface area (Å²) in [5.74, 6) is -0.756. The predicted octanol–water partition coefficient (Wildman–Crippen LogP) is 2.17. The predicted molar refractivity (Wildman–Crippen MR) is 128 cm³/mol. The molecule has 0 aromatic heterocycles. The van der Waals surface area contributed by atoms with Crippen LogP contribution >= 0.6 is 0 Å². The molecule has 0 bridgehead atoms. The highest BCUT2D eigenvalue weighted by atomic mass is 16.7. The number of epoxide rings is 1. The molecule has 2 aliphatic heterocycles. The molecule has 0 unspecified atom stereocenters. The van der Waals surface area contributed by atoms with Gasteiger partial charge in [0, 0.05) is 25.6 Å². The van der Waals surface area contributed by atoms with Crippen molar-refractivity contribution in [2.45, 2.75) is 56.5 Å². The Bertz CT molecular complexity index is 1200. The van der Waals surface area contributed by atoms with E-state index in [2.05, 4.69) is 0 Å². The van der Waals surface area contributed by atoms with Gasteiger partial charge in [0.15, 0.2) is 17.1 Å². The molecule has 0 spiro atoms. The number of hydrogen-bond acceptors (Lipinski definition) is 10. The summed E-state index contributed by atoms with van der Waals surface area (Å²) in [6.45, 7) is 5.74. The number of carbonyl (C=O) groups is 3. The Kier molecular flexibility index (Phi) is 6.44. The van der Waals surface area contributed by atoms with Gasteiger partial charge in [0.25, 0.3) is 0 Å². The van der Waals surface area contributed by atoms with Crippen LogP contribution in [0.2, 0.25) is 0 Å². The largest absolute Gasteiger partial charge is 0.493 e. The number of aliphatic hydroxyl groups is 1. The first-order chi connectivity index (χ1) is 17.5. The molecule has 1 saturated heterocycles. The zero-order valence-electron chi connectivity index (χ0n) is 22.3. The number of ketones is 2. The Morgan fingerprint density at radius 3 is 2.19 bits per heavy atom. The van der Waals surface area contributed by atoms with Crippen molar-refractivity contribution in [1.82, 2.24) is 4.90 Å². The van der Waals surface area contributed by atoms with E-state index in [9.17, 15) is 14.4 Å². The van der Waals surface area contributed by atoms with Crippen molar-refractivity contribution < 1.29 is 47.9 Å². The maximum absolute atomic E-state index is 13.9. The molecule has 1 fully saturated rings. The number of nitrogens with zero attached hydrogens (tertiary/aromatic N) is 1. The van der Waals surface area contributed by atoms with E-state index in [0.29, 0.717) is 29.8 Å². The number of hydrogen-bond donors (Lipinski definition) is 1. The van der Waals surface area contributed by atoms with Crippen LogP contribution in [-0.4, -0.2) is 81.0 Å². The van der Waals surface area contributed by atoms with E-state index in [1.54, 1.807) is 25.7 Å². The second-order valence-corrected chi connectivity index (χ2v) is 10.0. The molecule has 5 rings (SSSR count). The minimum atomic E-state index is -1.66. The molecule has 0 radical (unpaired) electrons. The Balaban J connectivity index is 0.00000156. The SMILES string of the molecule is CO.COC1=C(OC)C(=O)[C@@]23O[C@@]2(C[C@H]2c4c(cc(OC)c(OC)c43)CCN2C(=O)OC(C)(C)C)C1=O. The van der Waals surface area contributed by atoms with Gasteiger partial charge in [-0.05, 0) is 44.4 Å². The Labute approximate surface area is 215 Å². The molecule has 11 nitrogen and oxygen atoms in total. The molecule has 11 heteroatoms. The zero-order valence-corrected chi connectivity index (χ0v) is 22.3. The lowest BCUT2D eigenvalue weighted by atomic mass is 9.64. The van der Waals surface area contributed by atoms with Crippen molar-refractivity contribution in [3.8, 4) is 11.5 Å². The maximum atomic E-state index is 13.9. The summed E-state index contributed by atoms with van der Waals surface area (Å²) in [5.41, 5.74) is -1.94. The molecule has 1 aromatic carbocycles. The van der Waals surface area contributed by atoms with Crippen LogP contribution in [0.3, 0.4) is 0 Å². The van der Waals surface area contributed by atoms with E-state index in [1.165, 1.54) is 28.4 Å². The van der Waals surface area contributed by atoms with Gasteiger partial charge in [-0.1, -0.05) is 0 Å². The van der Waals surface area contributed by atoms with Gasteiger partial charge < -0.3 is 38.4 Å². The minimum absolute atomic E-state index is 0.0656. The van der Waals surface area contributed by atoms with E-state index in [1.807, 2.05) is 6.07 Å². The van der Waals surface area contributed by atoms with Gasteiger partial charge in [0.1, 0.15) is 5.60 Å². The summed E-state index contributed by atoms with van der Waals surface area (Å²) in [5, 5.41) is 7.00. The van der Waals surface area contributed by atoms with E-state index in [-0.39, 0.29) is 23.7 Å². The number of ether oxygens (including phenoxy) is 6. The molecule has 202 valence electrons. The van der Waals surface area contributed by atoms with Crippen molar-refractivity contribution in [1.29, 1.82) is 0 Å². The Morgan fingerprint density at radius 2 is 1.65 bits per heavy atom. The monoisotopic (exact) mass is 519 g/mol. The first-order valence-corrected chi connectivity index (χ1v) is 11.9. The average molecular weight is 520 g/mol. The fourth-order valence-electron chi connectivity index (χ4n) is 5.81. The number of carbonyl (C=O) groups excluding carboxylic acids is 3. The van der Waals surface area contributed by atoms with Crippen LogP contribution in [0.5, 0.6) is 11.5 Å². The molecule has 1 aromatic rings. The standard InChI is InChI=1S/C25H29NO9.CH4O/c1-23(2,3)34-22(29)26-9-8-12-10-14(30-4)17(31-5)16-15(12)13(26)11-24-20(27)18(32-6)19(33-7)21(28)25(16,24)35-24;1-2/h10,13H,8-9,11H2,1-7H3;2H,1H3/t13-,24-,25+;/m0./s1. The zero-order chi connectivity index (χ0) is 27.5. The second kappa shape index (κ2) is 8.91. The normalized spacial score (nSPS) is 27.2. The molecule has 1 amide bonds. The van der Waals surface area contributed by atoms with Crippen molar-refractivity contribution in [3.05, 3.63) is 34.3 Å². The van der Waals surface area contributed by atoms with Gasteiger partial charge in [0.05, 0.1) is 34.5 Å². The molecule has 3 atom stereocenters. The summed E-state index contributed by atoms with van der Waals surface area (Å²) in [6, 6.07) is 1.27. The average Bonchev–Trinajstić information content (AvgIpc) is 3.58. The fourth-order valence-corrected chi connectivity index (χ4v) is 5.81. The first kappa shape index (κ1) is 26.7. The van der Waals surface area contributed by atoms with Crippen LogP contribution in [0.25, 0.3) is 0 Å². The Morgan fingerprint density at radius 1 is 1.03 bits per heavy atom. The van der Waals surface area contributed by atoms with Crippen molar-refractivity contribution in [2.24, 2.45) is 0 Å². The topological polar surface area (TPSA) is 133 Å². The van der Waals surface area contributed by atoms with E-state index in [0.717, 1.165) is 12.7 Å². The fraction of sp³-hybridized carbons (Fsp3) is 0.577. The molecule has 1 N–H and O–H groups in total. The Hall–Kier alpha value is -3.31. The smallest absolute Gasteiger partial charge is 0.410 e. The van der Waals surface area contributed by atoms with Gasteiger partial charge >= 0.3 is 6.09 Å². The molecule has 37 heavy (non-hydrogen) atoms. The molecule has 2 aliphatic carbocycles. The highest BCUT2D eigenvalue weighted by Gasteiger charge is 2.86. The van der Waals surface area contributed by atoms with Crippen LogP contribution in [0.4, 0.5) is 4.79 Å². The lowest BCUT2D eigenvalue weighted by Gasteiger charge is -2.44. The first-order valence-electron chi connectivity index (χ1n) is 11.9. The lowest BCUT2D eigenvalue weighted by molar-refractivity contribution is -0.131.